The molecule has 2 amide bonds. The Labute approximate surface area is 292 Å². The van der Waals surface area contributed by atoms with E-state index in [0.717, 1.165) is 50.0 Å². The van der Waals surface area contributed by atoms with Gasteiger partial charge in [-0.1, -0.05) is 36.5 Å². The Balaban J connectivity index is 0.00000625. The number of carbonyl (C=O) groups is 3. The maximum absolute atomic E-state index is 14.3. The Hall–Kier alpha value is -3.26. The fourth-order valence-electron chi connectivity index (χ4n) is 6.27. The third-order valence-corrected chi connectivity index (χ3v) is 9.80. The van der Waals surface area contributed by atoms with Gasteiger partial charge in [-0.3, -0.25) is 14.4 Å². The molecule has 1 N–H and O–H groups in total. The molecule has 4 rings (SSSR count). The van der Waals surface area contributed by atoms with E-state index in [4.69, 9.17) is 24.7 Å². The van der Waals surface area contributed by atoms with Crippen LogP contribution in [0.15, 0.2) is 34.8 Å². The van der Waals surface area contributed by atoms with Crippen molar-refractivity contribution in [2.75, 3.05) is 60.2 Å². The van der Waals surface area contributed by atoms with Gasteiger partial charge in [-0.25, -0.2) is 4.98 Å². The second-order valence-electron chi connectivity index (χ2n) is 11.9. The van der Waals surface area contributed by atoms with E-state index in [1.165, 1.54) is 11.3 Å². The highest BCUT2D eigenvalue weighted by Gasteiger charge is 2.42. The lowest BCUT2D eigenvalue weighted by molar-refractivity contribution is -0.148. The molecule has 1 saturated heterocycles. The molecule has 0 unspecified atom stereocenters. The van der Waals surface area contributed by atoms with Gasteiger partial charge >= 0.3 is 0 Å². The number of hydrogen-bond acceptors (Lipinski definition) is 10. The zero-order valence-electron chi connectivity index (χ0n) is 28.0. The zero-order valence-corrected chi connectivity index (χ0v) is 29.7. The van der Waals surface area contributed by atoms with Crippen molar-refractivity contribution in [3.8, 4) is 5.75 Å². The molecular formula is C33H48ClN7O6S. The molecule has 0 radical (unpaired) electrons. The first kappa shape index (κ1) is 39.2. The third kappa shape index (κ3) is 10.6. The van der Waals surface area contributed by atoms with E-state index >= 15 is 0 Å². The molecular weight excluding hydrogens is 658 g/mol. The molecule has 1 aliphatic heterocycles. The van der Waals surface area contributed by atoms with Crippen molar-refractivity contribution in [1.29, 1.82) is 0 Å². The molecule has 264 valence electrons. The molecule has 15 heteroatoms. The number of carbonyl (C=O) groups excluding carboxylic acids is 3. The Kier molecular flexibility index (Phi) is 16.6. The predicted molar refractivity (Wildman–Crippen MR) is 186 cm³/mol. The van der Waals surface area contributed by atoms with Crippen LogP contribution in [0.25, 0.3) is 10.4 Å². The van der Waals surface area contributed by atoms with Gasteiger partial charge in [-0.2, -0.15) is 0 Å². The van der Waals surface area contributed by atoms with Crippen LogP contribution in [-0.2, 0) is 19.1 Å². The second-order valence-corrected chi connectivity index (χ2v) is 12.8. The smallest absolute Gasteiger partial charge is 0.246 e. The molecule has 48 heavy (non-hydrogen) atoms. The van der Waals surface area contributed by atoms with Crippen molar-refractivity contribution in [1.82, 2.24) is 20.1 Å². The van der Waals surface area contributed by atoms with Crippen molar-refractivity contribution in [3.05, 3.63) is 56.4 Å². The molecule has 1 aromatic heterocycles. The number of aromatic nitrogens is 1. The van der Waals surface area contributed by atoms with Gasteiger partial charge in [0.25, 0.3) is 0 Å². The Morgan fingerprint density at radius 2 is 1.83 bits per heavy atom. The summed E-state index contributed by atoms with van der Waals surface area (Å²) in [5.41, 5.74) is 9.05. The molecule has 0 bridgehead atoms. The number of amides is 2. The first-order valence-corrected chi connectivity index (χ1v) is 17.4. The molecule has 13 nitrogen and oxygen atoms in total. The number of likely N-dealkylation sites (tertiary alicyclic amines) is 1. The summed E-state index contributed by atoms with van der Waals surface area (Å²) in [6.07, 6.45) is 6.77. The summed E-state index contributed by atoms with van der Waals surface area (Å²) >= 11 is 1.40. The maximum Gasteiger partial charge on any atom is 0.246 e. The van der Waals surface area contributed by atoms with Gasteiger partial charge in [0, 0.05) is 36.0 Å². The first-order valence-electron chi connectivity index (χ1n) is 16.5. The highest BCUT2D eigenvalue weighted by Crippen LogP contribution is 2.37. The van der Waals surface area contributed by atoms with Crippen molar-refractivity contribution < 1.29 is 28.6 Å². The normalized spacial score (nSPS) is 17.6. The van der Waals surface area contributed by atoms with Gasteiger partial charge in [0.05, 0.1) is 38.5 Å². The lowest BCUT2D eigenvalue weighted by Gasteiger charge is -2.39. The second kappa shape index (κ2) is 20.3. The van der Waals surface area contributed by atoms with Crippen LogP contribution < -0.4 is 10.1 Å². The molecule has 2 fully saturated rings. The van der Waals surface area contributed by atoms with Gasteiger partial charge < -0.3 is 29.3 Å². The summed E-state index contributed by atoms with van der Waals surface area (Å²) in [7, 11) is 3.51. The number of thiazole rings is 1. The van der Waals surface area contributed by atoms with Gasteiger partial charge in [0.1, 0.15) is 29.1 Å². The van der Waals surface area contributed by atoms with Gasteiger partial charge in [0.2, 0.25) is 17.6 Å². The van der Waals surface area contributed by atoms with Crippen LogP contribution in [0, 0.1) is 5.92 Å². The number of rotatable bonds is 18. The minimum absolute atomic E-state index is 0. The number of ketones is 1. The van der Waals surface area contributed by atoms with Crippen LogP contribution in [-0.4, -0.2) is 105 Å². The maximum atomic E-state index is 14.3. The highest BCUT2D eigenvalue weighted by atomic mass is 35.5. The molecule has 1 aliphatic carbocycles. The van der Waals surface area contributed by atoms with Crippen LogP contribution >= 0.6 is 23.7 Å². The minimum Gasteiger partial charge on any atom is -0.491 e. The van der Waals surface area contributed by atoms with E-state index in [0.29, 0.717) is 56.6 Å². The van der Waals surface area contributed by atoms with E-state index in [-0.39, 0.29) is 54.6 Å². The molecule has 3 atom stereocenters. The Bertz CT molecular complexity index is 1380. The van der Waals surface area contributed by atoms with Gasteiger partial charge in [0.15, 0.2) is 0 Å². The largest absolute Gasteiger partial charge is 0.491 e. The topological polar surface area (TPSA) is 159 Å². The number of hydrogen-bond donors (Lipinski definition) is 1. The quantitative estimate of drug-likeness (QED) is 0.0729. The summed E-state index contributed by atoms with van der Waals surface area (Å²) in [6.45, 7) is 4.49. The summed E-state index contributed by atoms with van der Waals surface area (Å²) < 4.78 is 16.6. The van der Waals surface area contributed by atoms with Crippen molar-refractivity contribution in [2.45, 2.75) is 70.0 Å². The fraction of sp³-hybridized carbons (Fsp3) is 0.636. The lowest BCUT2D eigenvalue weighted by atomic mass is 9.82. The zero-order chi connectivity index (χ0) is 33.6. The van der Waals surface area contributed by atoms with E-state index < -0.39 is 6.04 Å². The van der Waals surface area contributed by atoms with Crippen LogP contribution in [0.1, 0.15) is 79.0 Å². The SMILES string of the molecule is CN[C@@H](C)C(=O)N(C)[C@H](C(=O)N1CCC[C@H]1c1nc(C(=O)c2cccc(OCCOCCOCCN=[N+]=[N-])c2)cs1)C1CCCCC1.Cl. The Morgan fingerprint density at radius 1 is 1.10 bits per heavy atom. The predicted octanol–water partition coefficient (Wildman–Crippen LogP) is 5.20. The van der Waals surface area contributed by atoms with E-state index in [2.05, 4.69) is 15.3 Å². The summed E-state index contributed by atoms with van der Waals surface area (Å²) in [6, 6.07) is 5.85. The average molecular weight is 706 g/mol. The van der Waals surface area contributed by atoms with Crippen LogP contribution in [0.4, 0.5) is 0 Å². The van der Waals surface area contributed by atoms with Crippen LogP contribution in [0.5, 0.6) is 5.75 Å². The number of azide groups is 1. The number of halogens is 1. The number of benzene rings is 1. The highest BCUT2D eigenvalue weighted by molar-refractivity contribution is 7.10. The van der Waals surface area contributed by atoms with Crippen LogP contribution in [0.3, 0.4) is 0 Å². The summed E-state index contributed by atoms with van der Waals surface area (Å²) in [5, 5.41) is 8.92. The minimum atomic E-state index is -0.517. The molecule has 1 saturated carbocycles. The fourth-order valence-corrected chi connectivity index (χ4v) is 7.21. The molecule has 2 aliphatic rings. The van der Waals surface area contributed by atoms with Gasteiger partial charge in [-0.15, -0.1) is 23.7 Å². The van der Waals surface area contributed by atoms with E-state index in [1.54, 1.807) is 48.6 Å². The first-order chi connectivity index (χ1) is 22.8. The third-order valence-electron chi connectivity index (χ3n) is 8.86. The number of likely N-dealkylation sites (N-methyl/N-ethyl adjacent to an activating group) is 2. The van der Waals surface area contributed by atoms with Crippen molar-refractivity contribution in [2.24, 2.45) is 11.0 Å². The number of nitrogens with zero attached hydrogens (tertiary/aromatic N) is 6. The van der Waals surface area contributed by atoms with Crippen molar-refractivity contribution >= 4 is 41.3 Å². The average Bonchev–Trinajstić information content (AvgIpc) is 3.79. The van der Waals surface area contributed by atoms with E-state index in [9.17, 15) is 14.4 Å². The molecule has 2 heterocycles. The number of nitrogens with one attached hydrogen (secondary N) is 1. The molecule has 0 spiro atoms. The van der Waals surface area contributed by atoms with E-state index in [1.807, 2.05) is 11.8 Å². The van der Waals surface area contributed by atoms with Crippen LogP contribution in [0.2, 0.25) is 0 Å². The summed E-state index contributed by atoms with van der Waals surface area (Å²) in [4.78, 5) is 51.9. The molecule has 1 aromatic carbocycles. The van der Waals surface area contributed by atoms with Gasteiger partial charge in [-0.05, 0) is 63.2 Å². The Morgan fingerprint density at radius 3 is 2.56 bits per heavy atom. The monoisotopic (exact) mass is 705 g/mol. The molecule has 2 aromatic rings. The lowest BCUT2D eigenvalue weighted by Crippen LogP contribution is -2.56. The van der Waals surface area contributed by atoms with Crippen molar-refractivity contribution in [3.63, 3.8) is 0 Å². The summed E-state index contributed by atoms with van der Waals surface area (Å²) in [5.74, 6) is 0.356. The number of ether oxygens (including phenoxy) is 3. The standard InChI is InChI=1S/C33H47N7O6S.ClH/c1-23(35-2)32(42)39(3)29(24-9-5-4-6-10-24)33(43)40-15-8-13-28(40)31-37-27(22-47-31)30(41)25-11-7-12-26(21-25)46-20-19-45-18-17-44-16-14-36-38-34;/h7,11-12,21-24,28-29,35H,4-6,8-10,13-20H2,1-3H3;1H/t23-,28-,29-;/m0./s1.